The van der Waals surface area contributed by atoms with Crippen molar-refractivity contribution in [1.82, 2.24) is 10.2 Å². The summed E-state index contributed by atoms with van der Waals surface area (Å²) in [6, 6.07) is 13.5. The average molecular weight is 469 g/mol. The number of carbonyl (C=O) groups is 1. The fraction of sp³-hybridized carbons (Fsp3) is 0.519. The van der Waals surface area contributed by atoms with Crippen LogP contribution < -0.4 is 10.1 Å². The molecule has 2 fully saturated rings. The van der Waals surface area contributed by atoms with E-state index in [1.807, 2.05) is 6.07 Å². The van der Waals surface area contributed by atoms with Gasteiger partial charge in [-0.25, -0.2) is 0 Å². The van der Waals surface area contributed by atoms with Gasteiger partial charge in [0.05, 0.1) is 12.1 Å². The molecule has 1 amide bonds. The molecule has 1 heterocycles. The summed E-state index contributed by atoms with van der Waals surface area (Å²) in [5.74, 6) is 1.01. The van der Waals surface area contributed by atoms with Crippen LogP contribution in [0.15, 0.2) is 42.5 Å². The van der Waals surface area contributed by atoms with E-state index < -0.39 is 12.1 Å². The molecular weight excluding hydrogens is 436 g/mol. The molecule has 3 aliphatic rings. The lowest BCUT2D eigenvalue weighted by atomic mass is 9.99. The SMILES string of the molecule is O=C(CC1Cc2ccccc2C1)N[C@H](CN1CCCC1)[C@H](O)c1cc(Cl)cc(OC2CC2)c1. The number of amides is 1. The molecule has 2 aromatic rings. The van der Waals surface area contributed by atoms with Crippen LogP contribution in [0.3, 0.4) is 0 Å². The minimum absolute atomic E-state index is 0.00698. The highest BCUT2D eigenvalue weighted by Crippen LogP contribution is 2.33. The Kier molecular flexibility index (Phi) is 6.91. The van der Waals surface area contributed by atoms with E-state index in [4.69, 9.17) is 16.3 Å². The monoisotopic (exact) mass is 468 g/mol. The first-order valence-electron chi connectivity index (χ1n) is 12.3. The van der Waals surface area contributed by atoms with Crippen LogP contribution in [0.1, 0.15) is 54.9 Å². The first-order valence-corrected chi connectivity index (χ1v) is 12.6. The largest absolute Gasteiger partial charge is 0.490 e. The van der Waals surface area contributed by atoms with Gasteiger partial charge >= 0.3 is 0 Å². The summed E-state index contributed by atoms with van der Waals surface area (Å²) in [6.45, 7) is 2.63. The minimum atomic E-state index is -0.851. The Labute approximate surface area is 201 Å². The van der Waals surface area contributed by atoms with Crippen molar-refractivity contribution >= 4 is 17.5 Å². The molecular formula is C27H33ClN2O3. The fourth-order valence-corrected chi connectivity index (χ4v) is 5.46. The lowest BCUT2D eigenvalue weighted by Crippen LogP contribution is -2.47. The second kappa shape index (κ2) is 10.0. The maximum atomic E-state index is 13.1. The third-order valence-electron chi connectivity index (χ3n) is 7.05. The molecule has 33 heavy (non-hydrogen) atoms. The number of aliphatic hydroxyl groups excluding tert-OH is 1. The molecule has 0 bridgehead atoms. The minimum Gasteiger partial charge on any atom is -0.490 e. The van der Waals surface area contributed by atoms with E-state index in [1.54, 1.807) is 12.1 Å². The van der Waals surface area contributed by atoms with Crippen molar-refractivity contribution in [3.05, 3.63) is 64.2 Å². The first-order chi connectivity index (χ1) is 16.0. The molecule has 1 saturated heterocycles. The number of benzene rings is 2. The van der Waals surface area contributed by atoms with Gasteiger partial charge in [-0.1, -0.05) is 35.9 Å². The van der Waals surface area contributed by atoms with Crippen LogP contribution in [0.4, 0.5) is 0 Å². The lowest BCUT2D eigenvalue weighted by Gasteiger charge is -2.29. The highest BCUT2D eigenvalue weighted by molar-refractivity contribution is 6.30. The molecule has 0 unspecified atom stereocenters. The first kappa shape index (κ1) is 22.7. The molecule has 176 valence electrons. The summed E-state index contributed by atoms with van der Waals surface area (Å²) >= 11 is 6.35. The Balaban J connectivity index is 1.27. The summed E-state index contributed by atoms with van der Waals surface area (Å²) in [4.78, 5) is 15.4. The van der Waals surface area contributed by atoms with E-state index in [0.29, 0.717) is 35.2 Å². The zero-order chi connectivity index (χ0) is 22.8. The normalized spacial score (nSPS) is 20.4. The van der Waals surface area contributed by atoms with Gasteiger partial charge in [0.25, 0.3) is 0 Å². The highest BCUT2D eigenvalue weighted by atomic mass is 35.5. The molecule has 2 atom stereocenters. The van der Waals surface area contributed by atoms with E-state index in [1.165, 1.54) is 11.1 Å². The molecule has 1 aliphatic heterocycles. The van der Waals surface area contributed by atoms with Crippen molar-refractivity contribution in [2.75, 3.05) is 19.6 Å². The number of hydrogen-bond acceptors (Lipinski definition) is 4. The molecule has 1 saturated carbocycles. The van der Waals surface area contributed by atoms with Gasteiger partial charge in [-0.15, -0.1) is 0 Å². The van der Waals surface area contributed by atoms with E-state index in [9.17, 15) is 9.90 Å². The van der Waals surface area contributed by atoms with Gasteiger partial charge in [-0.05, 0) is 92.4 Å². The topological polar surface area (TPSA) is 61.8 Å². The standard InChI is InChI=1S/C27H33ClN2O3/c28-22-14-21(15-24(16-22)33-23-7-8-23)27(32)25(17-30-9-3-4-10-30)29-26(31)13-18-11-19-5-1-2-6-20(19)12-18/h1-2,5-6,14-16,18,23,25,27,32H,3-4,7-13,17H2,(H,29,31)/t25-,27-/m1/s1. The van der Waals surface area contributed by atoms with Gasteiger partial charge in [-0.3, -0.25) is 4.79 Å². The number of carbonyl (C=O) groups excluding carboxylic acids is 1. The number of nitrogens with zero attached hydrogens (tertiary/aromatic N) is 1. The molecule has 0 spiro atoms. The maximum absolute atomic E-state index is 13.1. The van der Waals surface area contributed by atoms with Crippen molar-refractivity contribution in [3.63, 3.8) is 0 Å². The van der Waals surface area contributed by atoms with Gasteiger partial charge in [0.15, 0.2) is 0 Å². The lowest BCUT2D eigenvalue weighted by molar-refractivity contribution is -0.123. The van der Waals surface area contributed by atoms with E-state index in [0.717, 1.165) is 51.6 Å². The van der Waals surface area contributed by atoms with Gasteiger partial charge in [0.2, 0.25) is 5.91 Å². The number of likely N-dealkylation sites (tertiary alicyclic amines) is 1. The van der Waals surface area contributed by atoms with Crippen molar-refractivity contribution in [1.29, 1.82) is 0 Å². The molecule has 0 aromatic heterocycles. The second-order valence-corrected chi connectivity index (χ2v) is 10.3. The van der Waals surface area contributed by atoms with Gasteiger partial charge < -0.3 is 20.1 Å². The Hall–Kier alpha value is -2.08. The summed E-state index contributed by atoms with van der Waals surface area (Å²) in [5, 5.41) is 15.0. The number of hydrogen-bond donors (Lipinski definition) is 2. The summed E-state index contributed by atoms with van der Waals surface area (Å²) < 4.78 is 5.92. The van der Waals surface area contributed by atoms with Crippen molar-refractivity contribution in [2.24, 2.45) is 5.92 Å². The average Bonchev–Trinajstić information content (AvgIpc) is 3.28. The molecule has 5 rings (SSSR count). The van der Waals surface area contributed by atoms with Crippen molar-refractivity contribution in [3.8, 4) is 5.75 Å². The fourth-order valence-electron chi connectivity index (χ4n) is 5.22. The van der Waals surface area contributed by atoms with Crippen molar-refractivity contribution < 1.29 is 14.6 Å². The summed E-state index contributed by atoms with van der Waals surface area (Å²) in [6.07, 6.45) is 6.20. The quantitative estimate of drug-likeness (QED) is 0.576. The van der Waals surface area contributed by atoms with Crippen LogP contribution >= 0.6 is 11.6 Å². The van der Waals surface area contributed by atoms with Crippen LogP contribution in [-0.4, -0.2) is 47.7 Å². The number of nitrogens with one attached hydrogen (secondary N) is 1. The zero-order valence-corrected chi connectivity index (χ0v) is 19.8. The third kappa shape index (κ3) is 5.89. The van der Waals surface area contributed by atoms with Gasteiger partial charge in [0, 0.05) is 18.0 Å². The van der Waals surface area contributed by atoms with E-state index in [-0.39, 0.29) is 12.0 Å². The Morgan fingerprint density at radius 3 is 2.48 bits per heavy atom. The Bertz CT molecular complexity index is 962. The number of fused-ring (bicyclic) bond motifs is 1. The van der Waals surface area contributed by atoms with E-state index >= 15 is 0 Å². The summed E-state index contributed by atoms with van der Waals surface area (Å²) in [7, 11) is 0. The van der Waals surface area contributed by atoms with Gasteiger partial charge in [0.1, 0.15) is 11.9 Å². The number of ether oxygens (including phenoxy) is 1. The van der Waals surface area contributed by atoms with Gasteiger partial charge in [-0.2, -0.15) is 0 Å². The van der Waals surface area contributed by atoms with Crippen LogP contribution in [-0.2, 0) is 17.6 Å². The van der Waals surface area contributed by atoms with Crippen LogP contribution in [0, 0.1) is 5.92 Å². The molecule has 2 N–H and O–H groups in total. The number of aliphatic hydroxyl groups is 1. The molecule has 0 radical (unpaired) electrons. The molecule has 2 aromatic carbocycles. The molecule has 6 heteroatoms. The van der Waals surface area contributed by atoms with Crippen LogP contribution in [0.25, 0.3) is 0 Å². The number of halogens is 1. The predicted octanol–water partition coefficient (Wildman–Crippen LogP) is 4.30. The highest BCUT2D eigenvalue weighted by Gasteiger charge is 2.30. The third-order valence-corrected chi connectivity index (χ3v) is 7.27. The van der Waals surface area contributed by atoms with Crippen molar-refractivity contribution in [2.45, 2.75) is 63.2 Å². The zero-order valence-electron chi connectivity index (χ0n) is 19.0. The van der Waals surface area contributed by atoms with Crippen LogP contribution in [0.5, 0.6) is 5.75 Å². The second-order valence-electron chi connectivity index (χ2n) is 9.91. The predicted molar refractivity (Wildman–Crippen MR) is 130 cm³/mol. The van der Waals surface area contributed by atoms with E-state index in [2.05, 4.69) is 34.5 Å². The molecule has 5 nitrogen and oxygen atoms in total. The Morgan fingerprint density at radius 2 is 1.82 bits per heavy atom. The Morgan fingerprint density at radius 1 is 1.12 bits per heavy atom. The smallest absolute Gasteiger partial charge is 0.220 e. The number of rotatable bonds is 9. The van der Waals surface area contributed by atoms with Crippen LogP contribution in [0.2, 0.25) is 5.02 Å². The maximum Gasteiger partial charge on any atom is 0.220 e. The summed E-state index contributed by atoms with van der Waals surface area (Å²) in [5.41, 5.74) is 3.40. The molecule has 2 aliphatic carbocycles.